The highest BCUT2D eigenvalue weighted by atomic mass is 16.3. The summed E-state index contributed by atoms with van der Waals surface area (Å²) in [5.41, 5.74) is -0.504. The maximum absolute atomic E-state index is 10.2. The van der Waals surface area contributed by atoms with E-state index in [9.17, 15) is 5.11 Å². The summed E-state index contributed by atoms with van der Waals surface area (Å²) in [6.07, 6.45) is 0.899. The fraction of sp³-hybridized carbons (Fsp3) is 1.00. The molecule has 0 aromatic rings. The van der Waals surface area contributed by atoms with E-state index in [1.54, 1.807) is 0 Å². The van der Waals surface area contributed by atoms with Crippen molar-refractivity contribution in [3.63, 3.8) is 0 Å². The van der Waals surface area contributed by atoms with E-state index in [4.69, 9.17) is 0 Å². The first-order chi connectivity index (χ1) is 6.80. The summed E-state index contributed by atoms with van der Waals surface area (Å²) in [5, 5.41) is 10.2. The fourth-order valence-electron chi connectivity index (χ4n) is 2.59. The Bertz CT molecular complexity index is 193. The van der Waals surface area contributed by atoms with Crippen LogP contribution in [-0.2, 0) is 0 Å². The van der Waals surface area contributed by atoms with Crippen LogP contribution in [0, 0.1) is 17.8 Å². The third-order valence-corrected chi connectivity index (χ3v) is 3.34. The van der Waals surface area contributed by atoms with E-state index in [2.05, 4.69) is 32.6 Å². The Labute approximate surface area is 94.7 Å². The normalized spacial score (nSPS) is 23.2. The lowest BCUT2D eigenvalue weighted by molar-refractivity contribution is -0.0390. The molecule has 1 saturated heterocycles. The smallest absolute Gasteiger partial charge is 0.0748 e. The van der Waals surface area contributed by atoms with E-state index in [0.717, 1.165) is 24.8 Å². The molecule has 1 unspecified atom stereocenters. The highest BCUT2D eigenvalue weighted by molar-refractivity contribution is 4.87. The minimum atomic E-state index is -0.504. The SMILES string of the molecule is CC(C)CC(C)(O)CN1CC(C(C)C)C1. The maximum atomic E-state index is 10.2. The molecule has 0 spiro atoms. The molecule has 0 amide bonds. The molecular formula is C13H27NO. The molecule has 2 nitrogen and oxygen atoms in total. The van der Waals surface area contributed by atoms with E-state index in [0.29, 0.717) is 5.92 Å². The number of likely N-dealkylation sites (tertiary alicyclic amines) is 1. The highest BCUT2D eigenvalue weighted by Crippen LogP contribution is 2.26. The Morgan fingerprint density at radius 1 is 1.27 bits per heavy atom. The van der Waals surface area contributed by atoms with Crippen LogP contribution in [0.25, 0.3) is 0 Å². The van der Waals surface area contributed by atoms with Crippen LogP contribution in [0.3, 0.4) is 0 Å². The highest BCUT2D eigenvalue weighted by Gasteiger charge is 2.33. The average molecular weight is 213 g/mol. The molecule has 1 rings (SSSR count). The second-order valence-corrected chi connectivity index (χ2v) is 6.29. The van der Waals surface area contributed by atoms with Crippen molar-refractivity contribution < 1.29 is 5.11 Å². The predicted molar refractivity (Wildman–Crippen MR) is 64.8 cm³/mol. The number of β-amino-alcohol motifs (C(OH)–C–C–N with tert-alkyl or cyclic N) is 1. The Morgan fingerprint density at radius 2 is 1.80 bits per heavy atom. The van der Waals surface area contributed by atoms with Crippen LogP contribution in [0.2, 0.25) is 0 Å². The monoisotopic (exact) mass is 213 g/mol. The Kier molecular flexibility index (Phi) is 4.19. The first kappa shape index (κ1) is 13.0. The third kappa shape index (κ3) is 4.12. The van der Waals surface area contributed by atoms with Crippen molar-refractivity contribution in [2.24, 2.45) is 17.8 Å². The summed E-state index contributed by atoms with van der Waals surface area (Å²) in [6, 6.07) is 0. The van der Waals surface area contributed by atoms with Gasteiger partial charge in [0.15, 0.2) is 0 Å². The lowest BCUT2D eigenvalue weighted by Gasteiger charge is -2.45. The fourth-order valence-corrected chi connectivity index (χ4v) is 2.59. The number of aliphatic hydroxyl groups is 1. The molecule has 0 saturated carbocycles. The molecule has 15 heavy (non-hydrogen) atoms. The van der Waals surface area contributed by atoms with Crippen molar-refractivity contribution in [2.45, 2.75) is 46.6 Å². The molecule has 90 valence electrons. The Hall–Kier alpha value is -0.0800. The molecule has 1 heterocycles. The van der Waals surface area contributed by atoms with Crippen molar-refractivity contribution >= 4 is 0 Å². The van der Waals surface area contributed by atoms with Crippen molar-refractivity contribution in [1.29, 1.82) is 0 Å². The summed E-state index contributed by atoms with van der Waals surface area (Å²) in [7, 11) is 0. The van der Waals surface area contributed by atoms with Crippen LogP contribution < -0.4 is 0 Å². The third-order valence-electron chi connectivity index (χ3n) is 3.34. The van der Waals surface area contributed by atoms with Gasteiger partial charge < -0.3 is 5.11 Å². The van der Waals surface area contributed by atoms with Gasteiger partial charge in [0.1, 0.15) is 0 Å². The van der Waals surface area contributed by atoms with Crippen LogP contribution in [0.5, 0.6) is 0 Å². The van der Waals surface area contributed by atoms with Crippen LogP contribution in [0.4, 0.5) is 0 Å². The van der Waals surface area contributed by atoms with Gasteiger partial charge in [-0.25, -0.2) is 0 Å². The van der Waals surface area contributed by atoms with Gasteiger partial charge in [-0.15, -0.1) is 0 Å². The Morgan fingerprint density at radius 3 is 2.20 bits per heavy atom. The molecule has 1 N–H and O–H groups in total. The van der Waals surface area contributed by atoms with E-state index in [1.807, 2.05) is 6.92 Å². The minimum absolute atomic E-state index is 0.504. The van der Waals surface area contributed by atoms with Crippen LogP contribution in [0.15, 0.2) is 0 Å². The molecule has 0 bridgehead atoms. The lowest BCUT2D eigenvalue weighted by Crippen LogP contribution is -2.54. The van der Waals surface area contributed by atoms with E-state index >= 15 is 0 Å². The summed E-state index contributed by atoms with van der Waals surface area (Å²) in [5.74, 6) is 2.21. The molecule has 1 fully saturated rings. The second-order valence-electron chi connectivity index (χ2n) is 6.29. The van der Waals surface area contributed by atoms with E-state index < -0.39 is 5.60 Å². The first-order valence-electron chi connectivity index (χ1n) is 6.25. The molecule has 0 aliphatic carbocycles. The van der Waals surface area contributed by atoms with Crippen molar-refractivity contribution in [1.82, 2.24) is 4.90 Å². The quantitative estimate of drug-likeness (QED) is 0.758. The van der Waals surface area contributed by atoms with Gasteiger partial charge in [-0.1, -0.05) is 27.7 Å². The number of rotatable bonds is 5. The summed E-state index contributed by atoms with van der Waals surface area (Å²) in [6.45, 7) is 14.1. The summed E-state index contributed by atoms with van der Waals surface area (Å²) < 4.78 is 0. The summed E-state index contributed by atoms with van der Waals surface area (Å²) >= 11 is 0. The first-order valence-corrected chi connectivity index (χ1v) is 6.25. The average Bonchev–Trinajstić information content (AvgIpc) is 1.92. The molecule has 0 aromatic carbocycles. The van der Waals surface area contributed by atoms with Gasteiger partial charge >= 0.3 is 0 Å². The van der Waals surface area contributed by atoms with E-state index in [-0.39, 0.29) is 0 Å². The molecule has 1 aliphatic rings. The summed E-state index contributed by atoms with van der Waals surface area (Å²) in [4.78, 5) is 2.38. The van der Waals surface area contributed by atoms with E-state index in [1.165, 1.54) is 13.1 Å². The lowest BCUT2D eigenvalue weighted by atomic mass is 9.86. The van der Waals surface area contributed by atoms with Crippen LogP contribution >= 0.6 is 0 Å². The number of hydrogen-bond donors (Lipinski definition) is 1. The minimum Gasteiger partial charge on any atom is -0.389 e. The second kappa shape index (κ2) is 4.84. The van der Waals surface area contributed by atoms with Crippen molar-refractivity contribution in [3.05, 3.63) is 0 Å². The van der Waals surface area contributed by atoms with Crippen molar-refractivity contribution in [2.75, 3.05) is 19.6 Å². The van der Waals surface area contributed by atoms with Crippen LogP contribution in [-0.4, -0.2) is 35.2 Å². The zero-order valence-corrected chi connectivity index (χ0v) is 11.0. The number of hydrogen-bond acceptors (Lipinski definition) is 2. The van der Waals surface area contributed by atoms with Crippen molar-refractivity contribution in [3.8, 4) is 0 Å². The zero-order chi connectivity index (χ0) is 11.6. The van der Waals surface area contributed by atoms with Gasteiger partial charge in [-0.3, -0.25) is 4.90 Å². The molecule has 0 radical (unpaired) electrons. The molecule has 2 heteroatoms. The van der Waals surface area contributed by atoms with Gasteiger partial charge in [0.25, 0.3) is 0 Å². The molecule has 1 aliphatic heterocycles. The predicted octanol–water partition coefficient (Wildman–Crippen LogP) is 2.37. The van der Waals surface area contributed by atoms with Gasteiger partial charge in [0, 0.05) is 19.6 Å². The van der Waals surface area contributed by atoms with Gasteiger partial charge in [-0.2, -0.15) is 0 Å². The Balaban J connectivity index is 2.26. The molecule has 1 atom stereocenters. The van der Waals surface area contributed by atoms with Gasteiger partial charge in [0.05, 0.1) is 5.60 Å². The van der Waals surface area contributed by atoms with Crippen LogP contribution in [0.1, 0.15) is 41.0 Å². The topological polar surface area (TPSA) is 23.5 Å². The largest absolute Gasteiger partial charge is 0.389 e. The molecule has 0 aromatic heterocycles. The van der Waals surface area contributed by atoms with Gasteiger partial charge in [-0.05, 0) is 31.1 Å². The maximum Gasteiger partial charge on any atom is 0.0748 e. The number of nitrogens with zero attached hydrogens (tertiary/aromatic N) is 1. The molecular weight excluding hydrogens is 186 g/mol. The zero-order valence-electron chi connectivity index (χ0n) is 11.0. The van der Waals surface area contributed by atoms with Gasteiger partial charge in [0.2, 0.25) is 0 Å². The standard InChI is InChI=1S/C13H27NO/c1-10(2)6-13(5,15)9-14-7-12(8-14)11(3)4/h10-12,15H,6-9H2,1-5H3.